The summed E-state index contributed by atoms with van der Waals surface area (Å²) >= 11 is 0. The number of hydrogen-bond acceptors (Lipinski definition) is 2. The second kappa shape index (κ2) is 5.91. The standard InChI is InChI=1S/C12H23N3/c1-5-13-11(7-6-10(2)3)12-14-8-9-15(12)4/h8-11,13H,5-7H2,1-4H3. The van der Waals surface area contributed by atoms with Crippen LogP contribution >= 0.6 is 0 Å². The van der Waals surface area contributed by atoms with Gasteiger partial charge < -0.3 is 9.88 Å². The van der Waals surface area contributed by atoms with E-state index in [9.17, 15) is 0 Å². The third-order valence-electron chi connectivity index (χ3n) is 2.65. The highest BCUT2D eigenvalue weighted by Gasteiger charge is 2.14. The molecule has 0 aliphatic heterocycles. The van der Waals surface area contributed by atoms with Gasteiger partial charge in [0.15, 0.2) is 0 Å². The molecule has 0 aliphatic rings. The number of aromatic nitrogens is 2. The van der Waals surface area contributed by atoms with Crippen LogP contribution in [0, 0.1) is 5.92 Å². The Morgan fingerprint density at radius 2 is 2.13 bits per heavy atom. The summed E-state index contributed by atoms with van der Waals surface area (Å²) in [5.74, 6) is 1.91. The van der Waals surface area contributed by atoms with Gasteiger partial charge in [0.1, 0.15) is 5.82 Å². The number of nitrogens with one attached hydrogen (secondary N) is 1. The van der Waals surface area contributed by atoms with E-state index in [1.807, 2.05) is 12.4 Å². The molecule has 0 aromatic carbocycles. The number of rotatable bonds is 6. The van der Waals surface area contributed by atoms with E-state index in [1.165, 1.54) is 6.42 Å². The maximum Gasteiger partial charge on any atom is 0.125 e. The van der Waals surface area contributed by atoms with E-state index in [0.717, 1.165) is 24.7 Å². The van der Waals surface area contributed by atoms with Gasteiger partial charge in [-0.05, 0) is 25.3 Å². The second-order valence-electron chi connectivity index (χ2n) is 4.48. The van der Waals surface area contributed by atoms with Crippen LogP contribution in [0.1, 0.15) is 45.5 Å². The topological polar surface area (TPSA) is 29.9 Å². The number of imidazole rings is 1. The van der Waals surface area contributed by atoms with Crippen molar-refractivity contribution >= 4 is 0 Å². The lowest BCUT2D eigenvalue weighted by Gasteiger charge is -2.18. The third-order valence-corrected chi connectivity index (χ3v) is 2.65. The molecule has 0 saturated heterocycles. The van der Waals surface area contributed by atoms with Gasteiger partial charge in [0.25, 0.3) is 0 Å². The number of nitrogens with zero attached hydrogens (tertiary/aromatic N) is 2. The Bertz CT molecular complexity index is 278. The van der Waals surface area contributed by atoms with Crippen LogP contribution in [0.15, 0.2) is 12.4 Å². The maximum absolute atomic E-state index is 4.41. The summed E-state index contributed by atoms with van der Waals surface area (Å²) < 4.78 is 2.10. The second-order valence-corrected chi connectivity index (χ2v) is 4.48. The first-order chi connectivity index (χ1) is 7.15. The first-order valence-corrected chi connectivity index (χ1v) is 5.85. The minimum atomic E-state index is 0.400. The van der Waals surface area contributed by atoms with Gasteiger partial charge >= 0.3 is 0 Å². The molecule has 0 bridgehead atoms. The molecule has 1 aromatic rings. The Balaban J connectivity index is 2.61. The molecule has 0 saturated carbocycles. The fraction of sp³-hybridized carbons (Fsp3) is 0.750. The molecule has 0 fully saturated rings. The van der Waals surface area contributed by atoms with E-state index in [0.29, 0.717) is 6.04 Å². The Morgan fingerprint density at radius 1 is 1.40 bits per heavy atom. The first-order valence-electron chi connectivity index (χ1n) is 5.85. The monoisotopic (exact) mass is 209 g/mol. The predicted molar refractivity (Wildman–Crippen MR) is 63.7 cm³/mol. The van der Waals surface area contributed by atoms with E-state index in [2.05, 4.69) is 42.7 Å². The highest BCUT2D eigenvalue weighted by atomic mass is 15.1. The predicted octanol–water partition coefficient (Wildman–Crippen LogP) is 2.51. The van der Waals surface area contributed by atoms with Crippen LogP contribution < -0.4 is 5.32 Å². The quantitative estimate of drug-likeness (QED) is 0.780. The van der Waals surface area contributed by atoms with Crippen molar-refractivity contribution in [3.63, 3.8) is 0 Å². The van der Waals surface area contributed by atoms with Gasteiger partial charge in [0.2, 0.25) is 0 Å². The molecule has 0 spiro atoms. The lowest BCUT2D eigenvalue weighted by atomic mass is 10.0. The highest BCUT2D eigenvalue weighted by molar-refractivity contribution is 4.98. The van der Waals surface area contributed by atoms with Gasteiger partial charge in [0.05, 0.1) is 6.04 Å². The van der Waals surface area contributed by atoms with Crippen molar-refractivity contribution in [3.8, 4) is 0 Å². The zero-order valence-electron chi connectivity index (χ0n) is 10.3. The molecule has 1 aromatic heterocycles. The van der Waals surface area contributed by atoms with Crippen molar-refractivity contribution in [2.24, 2.45) is 13.0 Å². The highest BCUT2D eigenvalue weighted by Crippen LogP contribution is 2.18. The molecule has 15 heavy (non-hydrogen) atoms. The van der Waals surface area contributed by atoms with E-state index in [1.54, 1.807) is 0 Å². The minimum Gasteiger partial charge on any atom is -0.337 e. The summed E-state index contributed by atoms with van der Waals surface area (Å²) in [5, 5.41) is 3.50. The van der Waals surface area contributed by atoms with Crippen molar-refractivity contribution in [1.82, 2.24) is 14.9 Å². The molecular weight excluding hydrogens is 186 g/mol. The Kier molecular flexibility index (Phi) is 4.82. The maximum atomic E-state index is 4.41. The zero-order valence-corrected chi connectivity index (χ0v) is 10.3. The zero-order chi connectivity index (χ0) is 11.3. The summed E-state index contributed by atoms with van der Waals surface area (Å²) in [7, 11) is 2.06. The SMILES string of the molecule is CCNC(CCC(C)C)c1nccn1C. The summed E-state index contributed by atoms with van der Waals surface area (Å²) in [6.45, 7) is 7.67. The fourth-order valence-corrected chi connectivity index (χ4v) is 1.78. The van der Waals surface area contributed by atoms with Crippen LogP contribution in [-0.2, 0) is 7.05 Å². The van der Waals surface area contributed by atoms with Crippen LogP contribution in [-0.4, -0.2) is 16.1 Å². The lowest BCUT2D eigenvalue weighted by molar-refractivity contribution is 0.426. The van der Waals surface area contributed by atoms with Crippen molar-refractivity contribution < 1.29 is 0 Å². The lowest BCUT2D eigenvalue weighted by Crippen LogP contribution is -2.24. The normalized spacial score (nSPS) is 13.4. The summed E-state index contributed by atoms with van der Waals surface area (Å²) in [6, 6.07) is 0.400. The minimum absolute atomic E-state index is 0.400. The van der Waals surface area contributed by atoms with Crippen molar-refractivity contribution in [2.75, 3.05) is 6.54 Å². The molecule has 1 rings (SSSR count). The summed E-state index contributed by atoms with van der Waals surface area (Å²) in [4.78, 5) is 4.41. The van der Waals surface area contributed by atoms with Crippen LogP contribution in [0.25, 0.3) is 0 Å². The van der Waals surface area contributed by atoms with E-state index >= 15 is 0 Å². The molecule has 86 valence electrons. The van der Waals surface area contributed by atoms with Crippen LogP contribution in [0.5, 0.6) is 0 Å². The van der Waals surface area contributed by atoms with E-state index in [4.69, 9.17) is 0 Å². The average molecular weight is 209 g/mol. The molecule has 1 N–H and O–H groups in total. The van der Waals surface area contributed by atoms with Crippen molar-refractivity contribution in [2.45, 2.75) is 39.7 Å². The number of aryl methyl sites for hydroxylation is 1. The third kappa shape index (κ3) is 3.67. The fourth-order valence-electron chi connectivity index (χ4n) is 1.78. The van der Waals surface area contributed by atoms with Gasteiger partial charge in [-0.2, -0.15) is 0 Å². The Morgan fingerprint density at radius 3 is 2.60 bits per heavy atom. The van der Waals surface area contributed by atoms with Gasteiger partial charge in [0, 0.05) is 19.4 Å². The largest absolute Gasteiger partial charge is 0.337 e. The molecule has 1 heterocycles. The molecular formula is C12H23N3. The van der Waals surface area contributed by atoms with E-state index < -0.39 is 0 Å². The summed E-state index contributed by atoms with van der Waals surface area (Å²) in [6.07, 6.45) is 6.28. The van der Waals surface area contributed by atoms with Crippen molar-refractivity contribution in [1.29, 1.82) is 0 Å². The van der Waals surface area contributed by atoms with Gasteiger partial charge in [-0.15, -0.1) is 0 Å². The van der Waals surface area contributed by atoms with Gasteiger partial charge in [-0.25, -0.2) is 4.98 Å². The average Bonchev–Trinajstić information content (AvgIpc) is 2.59. The van der Waals surface area contributed by atoms with Crippen molar-refractivity contribution in [3.05, 3.63) is 18.2 Å². The van der Waals surface area contributed by atoms with Crippen LogP contribution in [0.4, 0.5) is 0 Å². The van der Waals surface area contributed by atoms with Gasteiger partial charge in [-0.1, -0.05) is 20.8 Å². The molecule has 3 heteroatoms. The van der Waals surface area contributed by atoms with E-state index in [-0.39, 0.29) is 0 Å². The van der Waals surface area contributed by atoms with Crippen LogP contribution in [0.2, 0.25) is 0 Å². The summed E-state index contributed by atoms with van der Waals surface area (Å²) in [5.41, 5.74) is 0. The Hall–Kier alpha value is -0.830. The van der Waals surface area contributed by atoms with Crippen LogP contribution in [0.3, 0.4) is 0 Å². The molecule has 1 unspecified atom stereocenters. The smallest absolute Gasteiger partial charge is 0.125 e. The molecule has 3 nitrogen and oxygen atoms in total. The van der Waals surface area contributed by atoms with Gasteiger partial charge in [-0.3, -0.25) is 0 Å². The molecule has 0 aliphatic carbocycles. The first kappa shape index (κ1) is 12.2. The molecule has 1 atom stereocenters. The number of hydrogen-bond donors (Lipinski definition) is 1. The Labute approximate surface area is 92.9 Å². The molecule has 0 radical (unpaired) electrons. The molecule has 0 amide bonds.